The minimum Gasteiger partial charge on any atom is -0.493 e. The van der Waals surface area contributed by atoms with Crippen molar-refractivity contribution in [3.8, 4) is 17.6 Å². The summed E-state index contributed by atoms with van der Waals surface area (Å²) >= 11 is 9.12. The van der Waals surface area contributed by atoms with Gasteiger partial charge >= 0.3 is 0 Å². The number of halogens is 1. The maximum atomic E-state index is 13.1. The second kappa shape index (κ2) is 10.9. The third-order valence-electron chi connectivity index (χ3n) is 5.82. The van der Waals surface area contributed by atoms with Crippen molar-refractivity contribution in [2.75, 3.05) is 7.11 Å². The summed E-state index contributed by atoms with van der Waals surface area (Å²) in [5.41, 5.74) is 2.25. The van der Waals surface area contributed by atoms with Crippen LogP contribution in [0.15, 0.2) is 41.3 Å². The van der Waals surface area contributed by atoms with Gasteiger partial charge in [0, 0.05) is 11.6 Å². The molecule has 0 radical (unpaired) electrons. The van der Waals surface area contributed by atoms with Gasteiger partial charge in [0.1, 0.15) is 10.9 Å². The highest BCUT2D eigenvalue weighted by molar-refractivity contribution is 14.1. The highest BCUT2D eigenvalue weighted by Gasteiger charge is 2.37. The lowest BCUT2D eigenvalue weighted by molar-refractivity contribution is -0.124. The number of nitriles is 1. The maximum Gasteiger partial charge on any atom is 0.266 e. The van der Waals surface area contributed by atoms with Crippen LogP contribution in [-0.4, -0.2) is 28.3 Å². The molecule has 0 atom stereocenters. The molecule has 8 heteroatoms. The fraction of sp³-hybridized carbons (Fsp3) is 0.320. The van der Waals surface area contributed by atoms with E-state index in [1.54, 1.807) is 13.2 Å². The van der Waals surface area contributed by atoms with E-state index in [-0.39, 0.29) is 18.6 Å². The van der Waals surface area contributed by atoms with Crippen LogP contribution in [0, 0.1) is 14.9 Å². The van der Waals surface area contributed by atoms with Gasteiger partial charge in [0.15, 0.2) is 11.5 Å². The number of thiocarbonyl (C=S) groups is 1. The van der Waals surface area contributed by atoms with Gasteiger partial charge < -0.3 is 9.47 Å². The SMILES string of the molecule is COc1cc(C=C2SC(=S)N(C3CCCCC3)C2=O)cc(I)c1OCc1ccccc1C#N. The van der Waals surface area contributed by atoms with Crippen molar-refractivity contribution < 1.29 is 14.3 Å². The molecule has 0 spiro atoms. The van der Waals surface area contributed by atoms with Gasteiger partial charge in [0.2, 0.25) is 0 Å². The normalized spacial score (nSPS) is 18.0. The monoisotopic (exact) mass is 590 g/mol. The molecule has 0 aromatic heterocycles. The zero-order valence-corrected chi connectivity index (χ0v) is 22.0. The molecule has 2 aromatic rings. The molecule has 2 aliphatic rings. The van der Waals surface area contributed by atoms with Gasteiger partial charge in [-0.05, 0) is 65.3 Å². The molecule has 1 heterocycles. The van der Waals surface area contributed by atoms with Crippen LogP contribution in [0.2, 0.25) is 0 Å². The fourth-order valence-corrected chi connectivity index (χ4v) is 6.34. The molecule has 1 saturated heterocycles. The molecule has 4 rings (SSSR count). The number of amides is 1. The molecule has 0 N–H and O–H groups in total. The Morgan fingerprint density at radius 3 is 2.76 bits per heavy atom. The lowest BCUT2D eigenvalue weighted by Gasteiger charge is -2.29. The largest absolute Gasteiger partial charge is 0.493 e. The van der Waals surface area contributed by atoms with E-state index in [2.05, 4.69) is 28.7 Å². The zero-order valence-electron chi connectivity index (χ0n) is 18.2. The van der Waals surface area contributed by atoms with Crippen molar-refractivity contribution in [1.29, 1.82) is 5.26 Å². The second-order valence-electron chi connectivity index (χ2n) is 7.94. The Balaban J connectivity index is 1.55. The number of thioether (sulfide) groups is 1. The van der Waals surface area contributed by atoms with Crippen molar-refractivity contribution >= 4 is 62.9 Å². The standard InChI is InChI=1S/C25H23IN2O3S2/c1-30-21-12-16(11-20(26)23(21)31-15-18-8-6-5-7-17(18)14-27)13-22-24(29)28(25(32)33-22)19-9-3-2-4-10-19/h5-8,11-13,19H,2-4,9-10,15H2,1H3. The molecular formula is C25H23IN2O3S2. The Morgan fingerprint density at radius 2 is 2.03 bits per heavy atom. The van der Waals surface area contributed by atoms with Gasteiger partial charge in [-0.15, -0.1) is 0 Å². The van der Waals surface area contributed by atoms with E-state index in [9.17, 15) is 10.1 Å². The average Bonchev–Trinajstić information content (AvgIpc) is 3.11. The predicted molar refractivity (Wildman–Crippen MR) is 143 cm³/mol. The summed E-state index contributed by atoms with van der Waals surface area (Å²) < 4.78 is 13.1. The first kappa shape index (κ1) is 24.0. The number of hydrogen-bond acceptors (Lipinski definition) is 6. The Bertz CT molecular complexity index is 1150. The Kier molecular flexibility index (Phi) is 7.94. The summed E-state index contributed by atoms with van der Waals surface area (Å²) in [4.78, 5) is 15.6. The summed E-state index contributed by atoms with van der Waals surface area (Å²) in [6, 6.07) is 13.6. The van der Waals surface area contributed by atoms with E-state index in [4.69, 9.17) is 21.7 Å². The Morgan fingerprint density at radius 1 is 1.27 bits per heavy atom. The summed E-state index contributed by atoms with van der Waals surface area (Å²) in [5, 5.41) is 9.30. The van der Waals surface area contributed by atoms with E-state index < -0.39 is 0 Å². The quantitative estimate of drug-likeness (QED) is 0.224. The second-order valence-corrected chi connectivity index (χ2v) is 10.8. The average molecular weight is 591 g/mol. The molecule has 170 valence electrons. The molecule has 1 saturated carbocycles. The first-order valence-electron chi connectivity index (χ1n) is 10.8. The number of carbonyl (C=O) groups excluding carboxylic acids is 1. The third kappa shape index (κ3) is 5.36. The lowest BCUT2D eigenvalue weighted by atomic mass is 9.94. The van der Waals surface area contributed by atoms with Crippen LogP contribution < -0.4 is 9.47 Å². The number of carbonyl (C=O) groups is 1. The number of nitrogens with zero attached hydrogens (tertiary/aromatic N) is 2. The number of methoxy groups -OCH3 is 1. The fourth-order valence-electron chi connectivity index (χ4n) is 4.15. The van der Waals surface area contributed by atoms with E-state index in [0.29, 0.717) is 26.3 Å². The summed E-state index contributed by atoms with van der Waals surface area (Å²) in [5.74, 6) is 1.18. The molecule has 1 aliphatic carbocycles. The molecule has 5 nitrogen and oxygen atoms in total. The van der Waals surface area contributed by atoms with Gasteiger partial charge in [0.05, 0.1) is 27.2 Å². The van der Waals surface area contributed by atoms with Crippen LogP contribution in [0.3, 0.4) is 0 Å². The molecule has 1 aliphatic heterocycles. The van der Waals surface area contributed by atoms with Crippen LogP contribution in [0.4, 0.5) is 0 Å². The number of rotatable bonds is 6. The van der Waals surface area contributed by atoms with Gasteiger partial charge in [-0.1, -0.05) is 61.4 Å². The van der Waals surface area contributed by atoms with E-state index in [1.807, 2.05) is 41.3 Å². The first-order chi connectivity index (χ1) is 16.0. The molecule has 0 unspecified atom stereocenters. The molecular weight excluding hydrogens is 567 g/mol. The molecule has 1 amide bonds. The van der Waals surface area contributed by atoms with Crippen LogP contribution in [0.25, 0.3) is 6.08 Å². The highest BCUT2D eigenvalue weighted by Crippen LogP contribution is 2.39. The van der Waals surface area contributed by atoms with E-state index in [1.165, 1.54) is 18.2 Å². The van der Waals surface area contributed by atoms with Crippen LogP contribution in [0.1, 0.15) is 48.8 Å². The van der Waals surface area contributed by atoms with Crippen molar-refractivity contribution in [3.05, 3.63) is 61.6 Å². The van der Waals surface area contributed by atoms with Gasteiger partial charge in [0.25, 0.3) is 5.91 Å². The van der Waals surface area contributed by atoms with Crippen LogP contribution >= 0.6 is 46.6 Å². The van der Waals surface area contributed by atoms with Crippen molar-refractivity contribution in [2.24, 2.45) is 0 Å². The van der Waals surface area contributed by atoms with Gasteiger partial charge in [-0.3, -0.25) is 9.69 Å². The van der Waals surface area contributed by atoms with E-state index in [0.717, 1.165) is 40.4 Å². The smallest absolute Gasteiger partial charge is 0.266 e. The van der Waals surface area contributed by atoms with Crippen molar-refractivity contribution in [1.82, 2.24) is 4.90 Å². The predicted octanol–water partition coefficient (Wildman–Crippen LogP) is 6.28. The molecule has 2 fully saturated rings. The zero-order chi connectivity index (χ0) is 23.4. The summed E-state index contributed by atoms with van der Waals surface area (Å²) in [6.07, 6.45) is 7.45. The van der Waals surface area contributed by atoms with Gasteiger partial charge in [-0.25, -0.2) is 0 Å². The maximum absolute atomic E-state index is 13.1. The van der Waals surface area contributed by atoms with Gasteiger partial charge in [-0.2, -0.15) is 5.26 Å². The molecule has 33 heavy (non-hydrogen) atoms. The van der Waals surface area contributed by atoms with Crippen LogP contribution in [-0.2, 0) is 11.4 Å². The number of benzene rings is 2. The highest BCUT2D eigenvalue weighted by atomic mass is 127. The van der Waals surface area contributed by atoms with Crippen LogP contribution in [0.5, 0.6) is 11.5 Å². The molecule has 2 aromatic carbocycles. The summed E-state index contributed by atoms with van der Waals surface area (Å²) in [6.45, 7) is 0.259. The minimum atomic E-state index is -0.000637. The minimum absolute atomic E-state index is 0.000637. The van der Waals surface area contributed by atoms with Crippen molar-refractivity contribution in [2.45, 2.75) is 44.8 Å². The molecule has 0 bridgehead atoms. The topological polar surface area (TPSA) is 62.6 Å². The van der Waals surface area contributed by atoms with Crippen molar-refractivity contribution in [3.63, 3.8) is 0 Å². The first-order valence-corrected chi connectivity index (χ1v) is 13.1. The lowest BCUT2D eigenvalue weighted by Crippen LogP contribution is -2.39. The number of ether oxygens (including phenoxy) is 2. The third-order valence-corrected chi connectivity index (χ3v) is 7.95. The van der Waals surface area contributed by atoms with E-state index >= 15 is 0 Å². The Labute approximate surface area is 217 Å². The summed E-state index contributed by atoms with van der Waals surface area (Å²) in [7, 11) is 1.59. The Hall–Kier alpha value is -2.09. The number of hydrogen-bond donors (Lipinski definition) is 0.